The fourth-order valence-electron chi connectivity index (χ4n) is 3.11. The van der Waals surface area contributed by atoms with Crippen LogP contribution in [0.5, 0.6) is 0 Å². The number of aliphatic carboxylic acids is 1. The molecule has 0 bridgehead atoms. The predicted octanol–water partition coefficient (Wildman–Crippen LogP) is -2.58. The largest absolute Gasteiger partial charge is 0.478 e. The lowest BCUT2D eigenvalue weighted by molar-refractivity contribution is -0.147. The number of likely N-dealkylation sites (N-methyl/N-ethyl adjacent to an activating group) is 1. The van der Waals surface area contributed by atoms with E-state index < -0.39 is 73.0 Å². The van der Waals surface area contributed by atoms with Crippen LogP contribution < -0.4 is 10.6 Å². The number of hydrogen-bond acceptors (Lipinski definition) is 9. The molecule has 1 aliphatic heterocycles. The van der Waals surface area contributed by atoms with Gasteiger partial charge in [0.05, 0.1) is 31.5 Å². The van der Waals surface area contributed by atoms with Crippen molar-refractivity contribution in [3.05, 3.63) is 36.0 Å². The molecule has 13 heteroatoms. The molecule has 6 N–H and O–H groups in total. The van der Waals surface area contributed by atoms with Crippen molar-refractivity contribution in [1.82, 2.24) is 15.5 Å². The van der Waals surface area contributed by atoms with Gasteiger partial charge in [-0.2, -0.15) is 0 Å². The van der Waals surface area contributed by atoms with Crippen molar-refractivity contribution >= 4 is 23.7 Å². The molecule has 1 aliphatic rings. The highest BCUT2D eigenvalue weighted by molar-refractivity contribution is 5.94. The van der Waals surface area contributed by atoms with Gasteiger partial charge in [-0.25, -0.2) is 4.79 Å². The number of carbonyl (C=O) groups is 4. The minimum atomic E-state index is -1.80. The lowest BCUT2D eigenvalue weighted by atomic mass is 9.92. The molecule has 3 amide bonds. The Kier molecular flexibility index (Phi) is 8.34. The van der Waals surface area contributed by atoms with Gasteiger partial charge < -0.3 is 45.1 Å². The van der Waals surface area contributed by atoms with E-state index in [4.69, 9.17) is 14.3 Å². The molecular weight excluding hydrogens is 430 g/mol. The Morgan fingerprint density at radius 2 is 1.91 bits per heavy atom. The van der Waals surface area contributed by atoms with Crippen LogP contribution in [0, 0.1) is 0 Å². The number of aliphatic hydroxyl groups is 3. The zero-order chi connectivity index (χ0) is 24.0. The van der Waals surface area contributed by atoms with Gasteiger partial charge in [-0.1, -0.05) is 0 Å². The number of nitrogens with one attached hydrogen (secondary N) is 2. The molecule has 1 aromatic rings. The summed E-state index contributed by atoms with van der Waals surface area (Å²) >= 11 is 0. The maximum atomic E-state index is 12.6. The van der Waals surface area contributed by atoms with Crippen molar-refractivity contribution in [3.63, 3.8) is 0 Å². The van der Waals surface area contributed by atoms with Crippen LogP contribution in [0.3, 0.4) is 0 Å². The maximum absolute atomic E-state index is 12.6. The first-order chi connectivity index (χ1) is 15.0. The van der Waals surface area contributed by atoms with Crippen LogP contribution in [0.25, 0.3) is 0 Å². The zero-order valence-corrected chi connectivity index (χ0v) is 17.3. The molecule has 32 heavy (non-hydrogen) atoms. The van der Waals surface area contributed by atoms with Crippen LogP contribution in [0.1, 0.15) is 17.5 Å². The summed E-state index contributed by atoms with van der Waals surface area (Å²) in [5.74, 6) is -4.04. The van der Waals surface area contributed by atoms with Gasteiger partial charge in [0.2, 0.25) is 17.6 Å². The van der Waals surface area contributed by atoms with Crippen molar-refractivity contribution in [2.75, 3.05) is 20.2 Å². The van der Waals surface area contributed by atoms with Gasteiger partial charge in [0, 0.05) is 14.0 Å². The zero-order valence-electron chi connectivity index (χ0n) is 17.3. The quantitative estimate of drug-likeness (QED) is 0.230. The Morgan fingerprint density at radius 3 is 2.44 bits per heavy atom. The second kappa shape index (κ2) is 10.7. The Bertz CT molecular complexity index is 869. The molecule has 176 valence electrons. The second-order valence-corrected chi connectivity index (χ2v) is 7.12. The summed E-state index contributed by atoms with van der Waals surface area (Å²) in [4.78, 5) is 49.0. The standard InChI is InChI=1S/C19H25N3O10/c1-9(24)20-15-10(6-13(19(29)30)32-17(15)16(27)11(25)8-23)21-14(26)7-22(2)18(28)12-4-3-5-31-12/h3-6,10-11,15-17,23,25,27H,7-8H2,1-2H3,(H,20,24)(H,21,26)(H,29,30)/t10-,11+,15+,16+,17+/m0/s1. The number of carboxylic acid groups (broad SMARTS) is 1. The molecule has 13 nitrogen and oxygen atoms in total. The van der Waals surface area contributed by atoms with E-state index >= 15 is 0 Å². The highest BCUT2D eigenvalue weighted by Gasteiger charge is 2.44. The number of carbonyl (C=O) groups excluding carboxylic acids is 3. The van der Waals surface area contributed by atoms with Gasteiger partial charge in [0.25, 0.3) is 5.91 Å². The Hall–Kier alpha value is -3.42. The van der Waals surface area contributed by atoms with E-state index in [9.17, 15) is 34.5 Å². The number of furan rings is 1. The van der Waals surface area contributed by atoms with Crippen LogP contribution in [-0.2, 0) is 19.1 Å². The first-order valence-electron chi connectivity index (χ1n) is 9.49. The number of aliphatic hydroxyl groups excluding tert-OH is 3. The topological polar surface area (TPSA) is 199 Å². The molecule has 0 saturated heterocycles. The van der Waals surface area contributed by atoms with Crippen molar-refractivity contribution < 1.29 is 48.8 Å². The number of amides is 3. The van der Waals surface area contributed by atoms with Gasteiger partial charge in [-0.15, -0.1) is 0 Å². The minimum Gasteiger partial charge on any atom is -0.478 e. The van der Waals surface area contributed by atoms with Crippen LogP contribution >= 0.6 is 0 Å². The molecule has 0 aliphatic carbocycles. The van der Waals surface area contributed by atoms with Crippen LogP contribution in [0.15, 0.2) is 34.6 Å². The molecule has 2 rings (SSSR count). The average Bonchev–Trinajstić information content (AvgIpc) is 3.27. The second-order valence-electron chi connectivity index (χ2n) is 7.12. The molecule has 0 fully saturated rings. The third-order valence-electron chi connectivity index (χ3n) is 4.62. The summed E-state index contributed by atoms with van der Waals surface area (Å²) in [7, 11) is 1.35. The van der Waals surface area contributed by atoms with Gasteiger partial charge in [0.15, 0.2) is 5.76 Å². The number of ether oxygens (including phenoxy) is 1. The first kappa shape index (κ1) is 24.8. The minimum absolute atomic E-state index is 0.0109. The third kappa shape index (κ3) is 6.06. The highest BCUT2D eigenvalue weighted by Crippen LogP contribution is 2.23. The summed E-state index contributed by atoms with van der Waals surface area (Å²) < 4.78 is 10.2. The third-order valence-corrected chi connectivity index (χ3v) is 4.62. The van der Waals surface area contributed by atoms with Crippen molar-refractivity contribution in [2.24, 2.45) is 0 Å². The molecule has 2 heterocycles. The normalized spacial score (nSPS) is 22.0. The monoisotopic (exact) mass is 455 g/mol. The Labute approximate surface area is 182 Å². The summed E-state index contributed by atoms with van der Waals surface area (Å²) in [6.07, 6.45) is -2.72. The molecular formula is C19H25N3O10. The summed E-state index contributed by atoms with van der Waals surface area (Å²) in [6.45, 7) is -0.153. The van der Waals surface area contributed by atoms with Crippen LogP contribution in [0.4, 0.5) is 0 Å². The summed E-state index contributed by atoms with van der Waals surface area (Å²) in [6, 6.07) is 0.527. The van der Waals surface area contributed by atoms with E-state index in [0.717, 1.165) is 17.9 Å². The Balaban J connectivity index is 2.24. The number of hydrogen-bond donors (Lipinski definition) is 6. The first-order valence-corrected chi connectivity index (χ1v) is 9.49. The summed E-state index contributed by atoms with van der Waals surface area (Å²) in [5, 5.41) is 43.5. The smallest absolute Gasteiger partial charge is 0.370 e. The molecule has 0 saturated carbocycles. The highest BCUT2D eigenvalue weighted by atomic mass is 16.5. The van der Waals surface area contributed by atoms with Crippen LogP contribution in [-0.4, -0.2) is 99.6 Å². The van der Waals surface area contributed by atoms with E-state index in [1.807, 2.05) is 0 Å². The molecule has 0 aromatic carbocycles. The molecule has 0 radical (unpaired) electrons. The van der Waals surface area contributed by atoms with Gasteiger partial charge in [-0.05, 0) is 18.2 Å². The van der Waals surface area contributed by atoms with Crippen molar-refractivity contribution in [2.45, 2.75) is 37.3 Å². The van der Waals surface area contributed by atoms with Crippen molar-refractivity contribution in [3.8, 4) is 0 Å². The van der Waals surface area contributed by atoms with Crippen molar-refractivity contribution in [1.29, 1.82) is 0 Å². The SMILES string of the molecule is CC(=O)N[C@H]1[C@H]([C@H](O)[C@H](O)CO)OC(C(=O)O)=C[C@@H]1NC(=O)CN(C)C(=O)c1ccco1. The van der Waals surface area contributed by atoms with Crippen LogP contribution in [0.2, 0.25) is 0 Å². The fraction of sp³-hybridized carbons (Fsp3) is 0.474. The lowest BCUT2D eigenvalue weighted by Gasteiger charge is -2.40. The lowest BCUT2D eigenvalue weighted by Crippen LogP contribution is -2.64. The molecule has 1 aromatic heterocycles. The van der Waals surface area contributed by atoms with E-state index in [-0.39, 0.29) is 5.76 Å². The summed E-state index contributed by atoms with van der Waals surface area (Å²) in [5.41, 5.74) is 0. The predicted molar refractivity (Wildman–Crippen MR) is 105 cm³/mol. The van der Waals surface area contributed by atoms with Gasteiger partial charge in [-0.3, -0.25) is 14.4 Å². The number of rotatable bonds is 9. The van der Waals surface area contributed by atoms with E-state index in [0.29, 0.717) is 0 Å². The average molecular weight is 455 g/mol. The number of nitrogens with zero attached hydrogens (tertiary/aromatic N) is 1. The number of carboxylic acids is 1. The molecule has 0 unspecified atom stereocenters. The van der Waals surface area contributed by atoms with E-state index in [1.165, 1.54) is 25.4 Å². The van der Waals surface area contributed by atoms with E-state index in [2.05, 4.69) is 10.6 Å². The Morgan fingerprint density at radius 1 is 1.22 bits per heavy atom. The van der Waals surface area contributed by atoms with Gasteiger partial charge in [0.1, 0.15) is 18.3 Å². The van der Waals surface area contributed by atoms with Gasteiger partial charge >= 0.3 is 5.97 Å². The maximum Gasteiger partial charge on any atom is 0.370 e. The fourth-order valence-corrected chi connectivity index (χ4v) is 3.11. The molecule has 0 spiro atoms. The molecule has 5 atom stereocenters. The van der Waals surface area contributed by atoms with E-state index in [1.54, 1.807) is 0 Å².